The predicted octanol–water partition coefficient (Wildman–Crippen LogP) is 4.45. The van der Waals surface area contributed by atoms with E-state index in [0.717, 1.165) is 10.9 Å². The van der Waals surface area contributed by atoms with E-state index in [1.54, 1.807) is 0 Å². The smallest absolute Gasteiger partial charge is 0.0488 e. The van der Waals surface area contributed by atoms with Crippen LogP contribution < -0.4 is 11.3 Å². The van der Waals surface area contributed by atoms with Gasteiger partial charge in [-0.15, -0.1) is 0 Å². The second-order valence-electron chi connectivity index (χ2n) is 5.77. The van der Waals surface area contributed by atoms with Gasteiger partial charge >= 0.3 is 0 Å². The summed E-state index contributed by atoms with van der Waals surface area (Å²) in [5, 5.41) is 0.789. The van der Waals surface area contributed by atoms with Crippen molar-refractivity contribution < 1.29 is 0 Å². The van der Waals surface area contributed by atoms with Gasteiger partial charge < -0.3 is 0 Å². The third kappa shape index (κ3) is 3.95. The van der Waals surface area contributed by atoms with Gasteiger partial charge in [-0.05, 0) is 42.4 Å². The first-order valence-electron chi connectivity index (χ1n) is 7.46. The van der Waals surface area contributed by atoms with Crippen LogP contribution in [-0.4, -0.2) is 0 Å². The zero-order chi connectivity index (χ0) is 13.7. The molecule has 19 heavy (non-hydrogen) atoms. The molecule has 2 nitrogen and oxygen atoms in total. The van der Waals surface area contributed by atoms with E-state index in [4.69, 9.17) is 17.4 Å². The van der Waals surface area contributed by atoms with Crippen molar-refractivity contribution in [2.75, 3.05) is 0 Å². The van der Waals surface area contributed by atoms with Gasteiger partial charge in [0.05, 0.1) is 0 Å². The second kappa shape index (κ2) is 7.28. The van der Waals surface area contributed by atoms with E-state index in [-0.39, 0.29) is 6.04 Å². The highest BCUT2D eigenvalue weighted by molar-refractivity contribution is 6.30. The van der Waals surface area contributed by atoms with E-state index in [1.165, 1.54) is 44.1 Å². The van der Waals surface area contributed by atoms with Crippen LogP contribution in [0.2, 0.25) is 5.02 Å². The van der Waals surface area contributed by atoms with Gasteiger partial charge in [0.15, 0.2) is 0 Å². The van der Waals surface area contributed by atoms with Gasteiger partial charge in [-0.1, -0.05) is 56.3 Å². The van der Waals surface area contributed by atoms with Crippen molar-refractivity contribution in [1.82, 2.24) is 5.43 Å². The number of hydrazine groups is 1. The van der Waals surface area contributed by atoms with Gasteiger partial charge in [-0.3, -0.25) is 11.3 Å². The minimum atomic E-state index is 0.237. The Labute approximate surface area is 121 Å². The molecule has 1 atom stereocenters. The zero-order valence-corrected chi connectivity index (χ0v) is 12.5. The zero-order valence-electron chi connectivity index (χ0n) is 11.7. The first kappa shape index (κ1) is 14.8. The molecule has 1 aromatic carbocycles. The molecule has 0 aromatic heterocycles. The molecule has 0 bridgehead atoms. The summed E-state index contributed by atoms with van der Waals surface area (Å²) in [7, 11) is 0. The summed E-state index contributed by atoms with van der Waals surface area (Å²) in [5.74, 6) is 7.35. The minimum absolute atomic E-state index is 0.237. The maximum Gasteiger partial charge on any atom is 0.0488 e. The van der Waals surface area contributed by atoms with E-state index in [2.05, 4.69) is 18.4 Å². The molecule has 1 aliphatic rings. The van der Waals surface area contributed by atoms with E-state index < -0.39 is 0 Å². The highest BCUT2D eigenvalue weighted by atomic mass is 35.5. The Morgan fingerprint density at radius 3 is 2.63 bits per heavy atom. The van der Waals surface area contributed by atoms with Crippen molar-refractivity contribution in [3.63, 3.8) is 0 Å². The summed E-state index contributed by atoms with van der Waals surface area (Å²) in [6, 6.07) is 8.31. The molecule has 1 aromatic rings. The van der Waals surface area contributed by atoms with Crippen LogP contribution in [0.5, 0.6) is 0 Å². The van der Waals surface area contributed by atoms with Crippen molar-refractivity contribution in [2.45, 2.75) is 51.5 Å². The predicted molar refractivity (Wildman–Crippen MR) is 81.9 cm³/mol. The Kier molecular flexibility index (Phi) is 5.68. The lowest BCUT2D eigenvalue weighted by Crippen LogP contribution is -2.35. The molecular weight excluding hydrogens is 256 g/mol. The van der Waals surface area contributed by atoms with Crippen molar-refractivity contribution in [3.8, 4) is 0 Å². The van der Waals surface area contributed by atoms with E-state index >= 15 is 0 Å². The fourth-order valence-electron chi connectivity index (χ4n) is 3.42. The lowest BCUT2D eigenvalue weighted by atomic mass is 9.75. The third-order valence-electron chi connectivity index (χ3n) is 4.45. The molecule has 0 radical (unpaired) electrons. The summed E-state index contributed by atoms with van der Waals surface area (Å²) >= 11 is 6.08. The van der Waals surface area contributed by atoms with E-state index in [9.17, 15) is 0 Å². The minimum Gasteiger partial charge on any atom is -0.271 e. The van der Waals surface area contributed by atoms with Crippen LogP contribution in [0.25, 0.3) is 0 Å². The Balaban J connectivity index is 1.99. The molecule has 106 valence electrons. The van der Waals surface area contributed by atoms with Crippen LogP contribution in [0, 0.1) is 11.8 Å². The normalized spacial score (nSPS) is 25.2. The largest absolute Gasteiger partial charge is 0.271 e. The maximum atomic E-state index is 6.08. The Bertz CT molecular complexity index is 386. The monoisotopic (exact) mass is 280 g/mol. The molecule has 1 fully saturated rings. The SMILES string of the molecule is CCCC1CCC(C(NN)c2cccc(Cl)c2)CC1. The number of benzene rings is 1. The number of nitrogens with two attached hydrogens (primary N) is 1. The topological polar surface area (TPSA) is 38.0 Å². The molecule has 0 heterocycles. The summed E-state index contributed by atoms with van der Waals surface area (Å²) in [6.07, 6.45) is 7.92. The summed E-state index contributed by atoms with van der Waals surface area (Å²) < 4.78 is 0. The van der Waals surface area contributed by atoms with Gasteiger partial charge in [-0.2, -0.15) is 0 Å². The average molecular weight is 281 g/mol. The first-order valence-corrected chi connectivity index (χ1v) is 7.84. The first-order chi connectivity index (χ1) is 9.24. The van der Waals surface area contributed by atoms with Crippen LogP contribution in [0.3, 0.4) is 0 Å². The van der Waals surface area contributed by atoms with E-state index in [1.807, 2.05) is 18.2 Å². The van der Waals surface area contributed by atoms with Gasteiger partial charge in [0, 0.05) is 11.1 Å². The number of nitrogens with one attached hydrogen (secondary N) is 1. The summed E-state index contributed by atoms with van der Waals surface area (Å²) in [4.78, 5) is 0. The number of halogens is 1. The standard InChI is InChI=1S/C16H25ClN2/c1-2-4-12-7-9-13(10-8-12)16(19-18)14-5-3-6-15(17)11-14/h3,5-6,11-13,16,19H,2,4,7-10,18H2,1H3. The molecule has 0 saturated heterocycles. The van der Waals surface area contributed by atoms with Gasteiger partial charge in [0.25, 0.3) is 0 Å². The van der Waals surface area contributed by atoms with Gasteiger partial charge in [-0.25, -0.2) is 0 Å². The highest BCUT2D eigenvalue weighted by Gasteiger charge is 2.27. The van der Waals surface area contributed by atoms with Crippen molar-refractivity contribution in [1.29, 1.82) is 0 Å². The summed E-state index contributed by atoms with van der Waals surface area (Å²) in [5.41, 5.74) is 4.22. The number of hydrogen-bond donors (Lipinski definition) is 2. The molecule has 0 aliphatic heterocycles. The Morgan fingerprint density at radius 1 is 1.32 bits per heavy atom. The van der Waals surface area contributed by atoms with Gasteiger partial charge in [0.2, 0.25) is 0 Å². The van der Waals surface area contributed by atoms with Crippen LogP contribution in [-0.2, 0) is 0 Å². The molecule has 0 amide bonds. The molecule has 3 N–H and O–H groups in total. The quantitative estimate of drug-likeness (QED) is 0.618. The second-order valence-corrected chi connectivity index (χ2v) is 6.21. The Morgan fingerprint density at radius 2 is 2.05 bits per heavy atom. The number of rotatable bonds is 5. The Hall–Kier alpha value is -0.570. The van der Waals surface area contributed by atoms with Crippen molar-refractivity contribution in [3.05, 3.63) is 34.9 Å². The fraction of sp³-hybridized carbons (Fsp3) is 0.625. The molecular formula is C16H25ClN2. The lowest BCUT2D eigenvalue weighted by Gasteiger charge is -2.33. The molecule has 1 saturated carbocycles. The number of hydrogen-bond acceptors (Lipinski definition) is 2. The molecule has 1 aliphatic carbocycles. The molecule has 2 rings (SSSR count). The fourth-order valence-corrected chi connectivity index (χ4v) is 3.62. The van der Waals surface area contributed by atoms with Crippen molar-refractivity contribution in [2.24, 2.45) is 17.7 Å². The van der Waals surface area contributed by atoms with Gasteiger partial charge in [0.1, 0.15) is 0 Å². The molecule has 1 unspecified atom stereocenters. The third-order valence-corrected chi connectivity index (χ3v) is 4.68. The van der Waals surface area contributed by atoms with E-state index in [0.29, 0.717) is 5.92 Å². The average Bonchev–Trinajstić information content (AvgIpc) is 2.42. The molecule has 3 heteroatoms. The lowest BCUT2D eigenvalue weighted by molar-refractivity contribution is 0.215. The maximum absolute atomic E-state index is 6.08. The molecule has 0 spiro atoms. The highest BCUT2D eigenvalue weighted by Crippen LogP contribution is 2.38. The van der Waals surface area contributed by atoms with Crippen LogP contribution >= 0.6 is 11.6 Å². The summed E-state index contributed by atoms with van der Waals surface area (Å²) in [6.45, 7) is 2.28. The van der Waals surface area contributed by atoms with Crippen molar-refractivity contribution >= 4 is 11.6 Å². The van der Waals surface area contributed by atoms with Crippen LogP contribution in [0.15, 0.2) is 24.3 Å². The van der Waals surface area contributed by atoms with Crippen LogP contribution in [0.1, 0.15) is 57.1 Å². The van der Waals surface area contributed by atoms with Crippen LogP contribution in [0.4, 0.5) is 0 Å².